The zero-order chi connectivity index (χ0) is 17.0. The minimum absolute atomic E-state index is 0.0995. The second-order valence-electron chi connectivity index (χ2n) is 4.44. The number of hydrogen-bond donors (Lipinski definition) is 2. The minimum atomic E-state index is -1.24. The van der Waals surface area contributed by atoms with E-state index in [1.165, 1.54) is 23.9 Å². The van der Waals surface area contributed by atoms with Gasteiger partial charge in [-0.3, -0.25) is 0 Å². The Balaban J connectivity index is 2.44. The van der Waals surface area contributed by atoms with E-state index in [0.29, 0.717) is 5.75 Å². The number of rotatable bonds is 6. The van der Waals surface area contributed by atoms with E-state index in [9.17, 15) is 14.7 Å². The first kappa shape index (κ1) is 17.2. The standard InChI is InChI=1S/C16H14O5S2/c1-22-10-4-6-13(14(8-10)23-2)21-12-5-3-9(15(17)18)7-11(12)16(19)20/h3-8H,1-2H3,(H,17,18)(H,19,20). The Hall–Kier alpha value is -2.12. The SMILES string of the molecule is CSc1ccc(Oc2ccc(C(=O)O)cc2C(=O)O)c(SC)c1. The van der Waals surface area contributed by atoms with E-state index in [2.05, 4.69) is 0 Å². The molecule has 0 unspecified atom stereocenters. The van der Waals surface area contributed by atoms with Crippen LogP contribution in [0.5, 0.6) is 11.5 Å². The molecule has 2 aromatic rings. The van der Waals surface area contributed by atoms with Crippen molar-refractivity contribution >= 4 is 35.5 Å². The van der Waals surface area contributed by atoms with E-state index in [-0.39, 0.29) is 16.9 Å². The molecule has 0 aliphatic heterocycles. The van der Waals surface area contributed by atoms with Gasteiger partial charge < -0.3 is 14.9 Å². The molecule has 2 N–H and O–H groups in total. The molecular weight excluding hydrogens is 336 g/mol. The highest BCUT2D eigenvalue weighted by molar-refractivity contribution is 7.99. The van der Waals surface area contributed by atoms with Crippen molar-refractivity contribution in [1.29, 1.82) is 0 Å². The molecule has 0 amide bonds. The molecule has 0 saturated carbocycles. The van der Waals surface area contributed by atoms with Crippen LogP contribution in [0.2, 0.25) is 0 Å². The Bertz CT molecular complexity index is 758. The highest BCUT2D eigenvalue weighted by Crippen LogP contribution is 2.35. The number of carbonyl (C=O) groups is 2. The molecule has 0 saturated heterocycles. The molecule has 0 aliphatic rings. The van der Waals surface area contributed by atoms with Gasteiger partial charge in [-0.25, -0.2) is 9.59 Å². The number of benzene rings is 2. The summed E-state index contributed by atoms with van der Waals surface area (Å²) in [6.45, 7) is 0. The smallest absolute Gasteiger partial charge is 0.339 e. The molecule has 120 valence electrons. The largest absolute Gasteiger partial charge is 0.478 e. The lowest BCUT2D eigenvalue weighted by molar-refractivity contribution is 0.0694. The zero-order valence-electron chi connectivity index (χ0n) is 12.4. The van der Waals surface area contributed by atoms with Gasteiger partial charge in [0.25, 0.3) is 0 Å². The molecule has 0 fully saturated rings. The molecule has 0 bridgehead atoms. The Morgan fingerprint density at radius 3 is 2.17 bits per heavy atom. The highest BCUT2D eigenvalue weighted by atomic mass is 32.2. The number of hydrogen-bond acceptors (Lipinski definition) is 5. The van der Waals surface area contributed by atoms with Gasteiger partial charge in [0.1, 0.15) is 17.1 Å². The van der Waals surface area contributed by atoms with E-state index < -0.39 is 11.9 Å². The Labute approximate surface area is 141 Å². The first-order valence-corrected chi connectivity index (χ1v) is 8.91. The molecule has 2 rings (SSSR count). The summed E-state index contributed by atoms with van der Waals surface area (Å²) in [5.41, 5.74) is -0.288. The normalized spacial score (nSPS) is 10.3. The van der Waals surface area contributed by atoms with Crippen LogP contribution in [0.1, 0.15) is 20.7 Å². The average Bonchev–Trinajstić information content (AvgIpc) is 2.55. The van der Waals surface area contributed by atoms with Gasteiger partial charge in [0.2, 0.25) is 0 Å². The van der Waals surface area contributed by atoms with Crippen molar-refractivity contribution in [2.24, 2.45) is 0 Å². The number of carboxylic acid groups (broad SMARTS) is 2. The minimum Gasteiger partial charge on any atom is -0.478 e. The van der Waals surface area contributed by atoms with Crippen LogP contribution in [-0.2, 0) is 0 Å². The molecule has 5 nitrogen and oxygen atoms in total. The molecule has 0 aliphatic carbocycles. The van der Waals surface area contributed by atoms with Gasteiger partial charge in [-0.05, 0) is 48.9 Å². The maximum atomic E-state index is 11.4. The summed E-state index contributed by atoms with van der Waals surface area (Å²) >= 11 is 3.08. The fourth-order valence-corrected chi connectivity index (χ4v) is 2.97. The van der Waals surface area contributed by atoms with Crippen molar-refractivity contribution in [1.82, 2.24) is 0 Å². The van der Waals surface area contributed by atoms with Crippen LogP contribution in [0.25, 0.3) is 0 Å². The van der Waals surface area contributed by atoms with E-state index in [4.69, 9.17) is 9.84 Å². The number of carboxylic acids is 2. The second kappa shape index (κ2) is 7.43. The van der Waals surface area contributed by atoms with Crippen molar-refractivity contribution in [3.63, 3.8) is 0 Å². The summed E-state index contributed by atoms with van der Waals surface area (Å²) in [4.78, 5) is 24.3. The van der Waals surface area contributed by atoms with E-state index >= 15 is 0 Å². The summed E-state index contributed by atoms with van der Waals surface area (Å²) in [5, 5.41) is 18.2. The molecule has 0 atom stereocenters. The lowest BCUT2D eigenvalue weighted by Gasteiger charge is -2.13. The van der Waals surface area contributed by atoms with Gasteiger partial charge in [0.15, 0.2) is 0 Å². The zero-order valence-corrected chi connectivity index (χ0v) is 14.0. The van der Waals surface area contributed by atoms with Crippen LogP contribution in [0.3, 0.4) is 0 Å². The summed E-state index contributed by atoms with van der Waals surface area (Å²) in [5.74, 6) is -1.79. The van der Waals surface area contributed by atoms with Crippen molar-refractivity contribution < 1.29 is 24.5 Å². The van der Waals surface area contributed by atoms with Crippen LogP contribution >= 0.6 is 23.5 Å². The van der Waals surface area contributed by atoms with Gasteiger partial charge in [-0.15, -0.1) is 23.5 Å². The van der Waals surface area contributed by atoms with Crippen LogP contribution in [-0.4, -0.2) is 34.7 Å². The molecular formula is C16H14O5S2. The molecule has 0 heterocycles. The molecule has 0 radical (unpaired) electrons. The van der Waals surface area contributed by atoms with Crippen LogP contribution in [0, 0.1) is 0 Å². The highest BCUT2D eigenvalue weighted by Gasteiger charge is 2.17. The van der Waals surface area contributed by atoms with Crippen LogP contribution in [0.4, 0.5) is 0 Å². The van der Waals surface area contributed by atoms with Crippen LogP contribution in [0.15, 0.2) is 46.2 Å². The van der Waals surface area contributed by atoms with E-state index in [0.717, 1.165) is 15.9 Å². The van der Waals surface area contributed by atoms with Gasteiger partial charge >= 0.3 is 11.9 Å². The predicted octanol–water partition coefficient (Wildman–Crippen LogP) is 4.32. The average molecular weight is 350 g/mol. The lowest BCUT2D eigenvalue weighted by Crippen LogP contribution is -2.04. The second-order valence-corrected chi connectivity index (χ2v) is 6.17. The maximum Gasteiger partial charge on any atom is 0.339 e. The third kappa shape index (κ3) is 4.00. The molecule has 0 spiro atoms. The van der Waals surface area contributed by atoms with Crippen LogP contribution < -0.4 is 4.74 Å². The first-order chi connectivity index (χ1) is 11.0. The Morgan fingerprint density at radius 1 is 0.913 bits per heavy atom. The van der Waals surface area contributed by atoms with Crippen molar-refractivity contribution in [2.75, 3.05) is 12.5 Å². The van der Waals surface area contributed by atoms with Gasteiger partial charge in [0.05, 0.1) is 10.5 Å². The topological polar surface area (TPSA) is 83.8 Å². The molecule has 23 heavy (non-hydrogen) atoms. The molecule has 7 heteroatoms. The fraction of sp³-hybridized carbons (Fsp3) is 0.125. The number of aromatic carboxylic acids is 2. The van der Waals surface area contributed by atoms with Gasteiger partial charge in [0, 0.05) is 4.90 Å². The quantitative estimate of drug-likeness (QED) is 0.751. The van der Waals surface area contributed by atoms with Gasteiger partial charge in [-0.2, -0.15) is 0 Å². The third-order valence-corrected chi connectivity index (χ3v) is 4.53. The molecule has 0 aromatic heterocycles. The summed E-state index contributed by atoms with van der Waals surface area (Å²) in [7, 11) is 0. The van der Waals surface area contributed by atoms with E-state index in [1.807, 2.05) is 24.6 Å². The number of ether oxygens (including phenoxy) is 1. The first-order valence-electron chi connectivity index (χ1n) is 6.46. The van der Waals surface area contributed by atoms with Crippen molar-refractivity contribution in [3.05, 3.63) is 47.5 Å². The third-order valence-electron chi connectivity index (χ3n) is 3.05. The van der Waals surface area contributed by atoms with Crippen molar-refractivity contribution in [2.45, 2.75) is 9.79 Å². The summed E-state index contributed by atoms with van der Waals surface area (Å²) < 4.78 is 5.72. The fourth-order valence-electron chi connectivity index (χ4n) is 1.90. The summed E-state index contributed by atoms with van der Waals surface area (Å²) in [6, 6.07) is 9.38. The molecule has 2 aromatic carbocycles. The van der Waals surface area contributed by atoms with E-state index in [1.54, 1.807) is 17.8 Å². The lowest BCUT2D eigenvalue weighted by atomic mass is 10.1. The Kier molecular flexibility index (Phi) is 5.57. The number of thioether (sulfide) groups is 2. The van der Waals surface area contributed by atoms with Gasteiger partial charge in [-0.1, -0.05) is 0 Å². The monoisotopic (exact) mass is 350 g/mol. The maximum absolute atomic E-state index is 11.4. The Morgan fingerprint density at radius 2 is 1.61 bits per heavy atom. The predicted molar refractivity (Wildman–Crippen MR) is 90.4 cm³/mol. The summed E-state index contributed by atoms with van der Waals surface area (Å²) in [6.07, 6.45) is 3.87. The van der Waals surface area contributed by atoms with Crippen molar-refractivity contribution in [3.8, 4) is 11.5 Å².